The van der Waals surface area contributed by atoms with Gasteiger partial charge in [-0.3, -0.25) is 4.79 Å². The third-order valence-corrected chi connectivity index (χ3v) is 5.54. The molecule has 1 aliphatic carbocycles. The lowest BCUT2D eigenvalue weighted by Crippen LogP contribution is -2.50. The molecule has 0 bridgehead atoms. The van der Waals surface area contributed by atoms with Gasteiger partial charge in [-0.1, -0.05) is 32.0 Å². The summed E-state index contributed by atoms with van der Waals surface area (Å²) in [5.41, 5.74) is 1.69. The molecule has 0 aromatic heterocycles. The van der Waals surface area contributed by atoms with Crippen molar-refractivity contribution in [3.8, 4) is 5.75 Å². The highest BCUT2D eigenvalue weighted by atomic mass is 16.5. The lowest BCUT2D eigenvalue weighted by molar-refractivity contribution is -0.124. The minimum absolute atomic E-state index is 0.0243. The number of carbonyl (C=O) groups is 1. The first-order valence-electron chi connectivity index (χ1n) is 8.45. The maximum Gasteiger partial charge on any atom is 0.163 e. The van der Waals surface area contributed by atoms with Crippen LogP contribution in [-0.4, -0.2) is 18.0 Å². The Hall–Kier alpha value is -1.77. The van der Waals surface area contributed by atoms with E-state index in [9.17, 15) is 4.79 Å². The zero-order chi connectivity index (χ0) is 16.4. The average Bonchev–Trinajstić information content (AvgIpc) is 2.44. The molecular weight excluding hydrogens is 288 g/mol. The summed E-state index contributed by atoms with van der Waals surface area (Å²) in [5, 5.41) is 0. The van der Waals surface area contributed by atoms with E-state index in [0.29, 0.717) is 13.0 Å². The van der Waals surface area contributed by atoms with Gasteiger partial charge in [0.15, 0.2) is 5.78 Å². The predicted molar refractivity (Wildman–Crippen MR) is 88.4 cm³/mol. The summed E-state index contributed by atoms with van der Waals surface area (Å²) in [4.78, 5) is 12.9. The summed E-state index contributed by atoms with van der Waals surface area (Å²) in [6, 6.07) is 8.13. The van der Waals surface area contributed by atoms with Crippen LogP contribution in [0.15, 0.2) is 35.6 Å². The second-order valence-electron chi connectivity index (χ2n) is 8.42. The highest BCUT2D eigenvalue weighted by Crippen LogP contribution is 2.55. The van der Waals surface area contributed by atoms with E-state index in [1.165, 1.54) is 0 Å². The Labute approximate surface area is 137 Å². The van der Waals surface area contributed by atoms with Crippen molar-refractivity contribution in [2.75, 3.05) is 6.61 Å². The van der Waals surface area contributed by atoms with Crippen LogP contribution in [0.5, 0.6) is 5.75 Å². The molecule has 4 rings (SSSR count). The number of fused-ring (bicyclic) bond motifs is 4. The van der Waals surface area contributed by atoms with Crippen molar-refractivity contribution in [2.45, 2.75) is 52.1 Å². The molecule has 3 heteroatoms. The van der Waals surface area contributed by atoms with Gasteiger partial charge in [0.05, 0.1) is 6.61 Å². The predicted octanol–water partition coefficient (Wildman–Crippen LogP) is 4.23. The standard InChI is InChI=1S/C20H24O3/c1-19(2)9-14(21)18-16(10-19)23-20(3,4)13-11-22-15-8-6-5-7-12(15)17(13)18/h5-8,13,17H,9-11H2,1-4H3/t13-,17+/m0/s1. The molecular formula is C20H24O3. The topological polar surface area (TPSA) is 35.5 Å². The van der Waals surface area contributed by atoms with E-state index in [1.807, 2.05) is 18.2 Å². The number of benzene rings is 1. The lowest BCUT2D eigenvalue weighted by Gasteiger charge is -2.50. The van der Waals surface area contributed by atoms with Crippen molar-refractivity contribution in [2.24, 2.45) is 11.3 Å². The van der Waals surface area contributed by atoms with E-state index in [4.69, 9.17) is 9.47 Å². The van der Waals surface area contributed by atoms with Gasteiger partial charge in [-0.05, 0) is 25.3 Å². The summed E-state index contributed by atoms with van der Waals surface area (Å²) in [6.45, 7) is 9.14. The third-order valence-electron chi connectivity index (χ3n) is 5.54. The van der Waals surface area contributed by atoms with Gasteiger partial charge in [-0.2, -0.15) is 0 Å². The monoisotopic (exact) mass is 312 g/mol. The Morgan fingerprint density at radius 1 is 1.09 bits per heavy atom. The van der Waals surface area contributed by atoms with Gasteiger partial charge >= 0.3 is 0 Å². The Kier molecular flexibility index (Phi) is 2.97. The molecule has 0 spiro atoms. The SMILES string of the molecule is CC1(C)CC(=O)C2=C(C1)OC(C)(C)[C@H]1COc3ccccc3[C@@H]21. The van der Waals surface area contributed by atoms with Crippen molar-refractivity contribution < 1.29 is 14.3 Å². The Morgan fingerprint density at radius 2 is 1.83 bits per heavy atom. The molecule has 0 radical (unpaired) electrons. The number of carbonyl (C=O) groups excluding carboxylic acids is 1. The number of rotatable bonds is 0. The number of Topliss-reactive ketones (excluding diaryl/α,β-unsaturated/α-hetero) is 1. The van der Waals surface area contributed by atoms with E-state index in [0.717, 1.165) is 29.1 Å². The number of para-hydroxylation sites is 1. The summed E-state index contributed by atoms with van der Waals surface area (Å²) < 4.78 is 12.3. The molecule has 2 atom stereocenters. The van der Waals surface area contributed by atoms with Crippen LogP contribution >= 0.6 is 0 Å². The smallest absolute Gasteiger partial charge is 0.163 e. The molecule has 23 heavy (non-hydrogen) atoms. The largest absolute Gasteiger partial charge is 0.493 e. The van der Waals surface area contributed by atoms with Crippen molar-refractivity contribution >= 4 is 5.78 Å². The number of ketones is 1. The van der Waals surface area contributed by atoms with Crippen LogP contribution in [0.25, 0.3) is 0 Å². The lowest BCUT2D eigenvalue weighted by atomic mass is 9.64. The van der Waals surface area contributed by atoms with Crippen LogP contribution in [0.2, 0.25) is 0 Å². The van der Waals surface area contributed by atoms with Crippen LogP contribution in [-0.2, 0) is 9.53 Å². The molecule has 0 saturated heterocycles. The summed E-state index contributed by atoms with van der Waals surface area (Å²) >= 11 is 0. The Balaban J connectivity index is 1.91. The van der Waals surface area contributed by atoms with Crippen LogP contribution in [0.1, 0.15) is 52.0 Å². The molecule has 0 fully saturated rings. The van der Waals surface area contributed by atoms with Crippen LogP contribution < -0.4 is 4.74 Å². The number of allylic oxidation sites excluding steroid dienone is 2. The van der Waals surface area contributed by atoms with Gasteiger partial charge in [-0.25, -0.2) is 0 Å². The van der Waals surface area contributed by atoms with E-state index in [2.05, 4.69) is 33.8 Å². The molecule has 0 amide bonds. The molecule has 122 valence electrons. The van der Waals surface area contributed by atoms with E-state index < -0.39 is 0 Å². The third kappa shape index (κ3) is 2.20. The summed E-state index contributed by atoms with van der Waals surface area (Å²) in [6.07, 6.45) is 1.44. The normalized spacial score (nSPS) is 30.5. The second-order valence-corrected chi connectivity index (χ2v) is 8.42. The molecule has 3 nitrogen and oxygen atoms in total. The van der Waals surface area contributed by atoms with E-state index in [-0.39, 0.29) is 28.6 Å². The number of hydrogen-bond donors (Lipinski definition) is 0. The van der Waals surface area contributed by atoms with Gasteiger partial charge in [-0.15, -0.1) is 0 Å². The fraction of sp³-hybridized carbons (Fsp3) is 0.550. The van der Waals surface area contributed by atoms with E-state index >= 15 is 0 Å². The molecule has 2 aliphatic heterocycles. The molecule has 1 aromatic carbocycles. The molecule has 3 aliphatic rings. The van der Waals surface area contributed by atoms with Gasteiger partial charge in [0.2, 0.25) is 0 Å². The zero-order valence-corrected chi connectivity index (χ0v) is 14.3. The quantitative estimate of drug-likeness (QED) is 0.719. The maximum atomic E-state index is 12.9. The summed E-state index contributed by atoms with van der Waals surface area (Å²) in [7, 11) is 0. The van der Waals surface area contributed by atoms with Gasteiger partial charge in [0.1, 0.15) is 17.1 Å². The summed E-state index contributed by atoms with van der Waals surface area (Å²) in [5.74, 6) is 2.34. The Bertz CT molecular complexity index is 711. The second kappa shape index (κ2) is 4.62. The van der Waals surface area contributed by atoms with Gasteiger partial charge in [0, 0.05) is 35.8 Å². The van der Waals surface area contributed by atoms with Crippen LogP contribution in [0.3, 0.4) is 0 Å². The minimum atomic E-state index is -0.329. The fourth-order valence-corrected chi connectivity index (χ4v) is 4.43. The number of hydrogen-bond acceptors (Lipinski definition) is 3. The van der Waals surface area contributed by atoms with Gasteiger partial charge < -0.3 is 9.47 Å². The van der Waals surface area contributed by atoms with Crippen molar-refractivity contribution in [1.82, 2.24) is 0 Å². The highest BCUT2D eigenvalue weighted by Gasteiger charge is 2.52. The first-order chi connectivity index (χ1) is 10.8. The zero-order valence-electron chi connectivity index (χ0n) is 14.3. The number of ether oxygens (including phenoxy) is 2. The van der Waals surface area contributed by atoms with Gasteiger partial charge in [0.25, 0.3) is 0 Å². The molecule has 1 aromatic rings. The molecule has 0 unspecified atom stereocenters. The van der Waals surface area contributed by atoms with E-state index in [1.54, 1.807) is 0 Å². The van der Waals surface area contributed by atoms with Crippen LogP contribution in [0.4, 0.5) is 0 Å². The fourth-order valence-electron chi connectivity index (χ4n) is 4.43. The highest BCUT2D eigenvalue weighted by molar-refractivity contribution is 5.99. The molecule has 0 N–H and O–H groups in total. The first kappa shape index (κ1) is 14.8. The molecule has 0 saturated carbocycles. The van der Waals surface area contributed by atoms with Crippen molar-refractivity contribution in [3.05, 3.63) is 41.2 Å². The Morgan fingerprint density at radius 3 is 2.61 bits per heavy atom. The average molecular weight is 312 g/mol. The van der Waals surface area contributed by atoms with Crippen molar-refractivity contribution in [3.63, 3.8) is 0 Å². The molecule has 2 heterocycles. The van der Waals surface area contributed by atoms with Crippen molar-refractivity contribution in [1.29, 1.82) is 0 Å². The maximum absolute atomic E-state index is 12.9. The minimum Gasteiger partial charge on any atom is -0.493 e. The van der Waals surface area contributed by atoms with Crippen LogP contribution in [0, 0.1) is 11.3 Å². The first-order valence-corrected chi connectivity index (χ1v) is 8.45.